The van der Waals surface area contributed by atoms with Crippen LogP contribution in [-0.2, 0) is 19.5 Å². The summed E-state index contributed by atoms with van der Waals surface area (Å²) in [5.41, 5.74) is -0.170. The van der Waals surface area contributed by atoms with Crippen molar-refractivity contribution in [3.8, 4) is 0 Å². The molecule has 1 N–H and O–H groups in total. The highest BCUT2D eigenvalue weighted by molar-refractivity contribution is 7.89. The van der Waals surface area contributed by atoms with Gasteiger partial charge in [0.15, 0.2) is 0 Å². The number of ether oxygens (including phenoxy) is 2. The molecule has 0 spiro atoms. The number of amides is 2. The lowest BCUT2D eigenvalue weighted by molar-refractivity contribution is 0.0141. The quantitative estimate of drug-likeness (QED) is 0.686. The standard InChI is InChI=1S/C19H29N3O6S/c1-19(2,3)28-18(24)22-12-10-21(11-13-22)17(23)15-5-7-16(8-6-15)29(25,26)20-9-14-27-4/h5-8,20H,9-14H2,1-4H3. The van der Waals surface area contributed by atoms with E-state index in [1.807, 2.05) is 20.8 Å². The van der Waals surface area contributed by atoms with Gasteiger partial charge in [-0.05, 0) is 45.0 Å². The Morgan fingerprint density at radius 2 is 1.59 bits per heavy atom. The van der Waals surface area contributed by atoms with Crippen molar-refractivity contribution >= 4 is 22.0 Å². The molecule has 0 aromatic heterocycles. The summed E-state index contributed by atoms with van der Waals surface area (Å²) in [4.78, 5) is 28.1. The average Bonchev–Trinajstić information content (AvgIpc) is 2.66. The molecule has 0 aliphatic carbocycles. The first-order valence-corrected chi connectivity index (χ1v) is 10.9. The number of methoxy groups -OCH3 is 1. The first-order valence-electron chi connectivity index (χ1n) is 9.39. The maximum Gasteiger partial charge on any atom is 0.410 e. The SMILES string of the molecule is COCCNS(=O)(=O)c1ccc(C(=O)N2CCN(C(=O)OC(C)(C)C)CC2)cc1. The van der Waals surface area contributed by atoms with Crippen LogP contribution in [0, 0.1) is 0 Å². The zero-order chi connectivity index (χ0) is 21.7. The van der Waals surface area contributed by atoms with Crippen LogP contribution in [0.1, 0.15) is 31.1 Å². The molecule has 2 amide bonds. The number of hydrogen-bond acceptors (Lipinski definition) is 6. The lowest BCUT2D eigenvalue weighted by Crippen LogP contribution is -2.51. The smallest absolute Gasteiger partial charge is 0.410 e. The Bertz CT molecular complexity index is 809. The Labute approximate surface area is 172 Å². The number of sulfonamides is 1. The first-order chi connectivity index (χ1) is 13.5. The number of nitrogens with one attached hydrogen (secondary N) is 1. The van der Waals surface area contributed by atoms with E-state index >= 15 is 0 Å². The first kappa shape index (κ1) is 23.1. The van der Waals surface area contributed by atoms with Crippen molar-refractivity contribution in [3.63, 3.8) is 0 Å². The van der Waals surface area contributed by atoms with E-state index in [-0.39, 0.29) is 30.0 Å². The molecule has 1 aromatic rings. The molecule has 0 bridgehead atoms. The molecule has 0 unspecified atom stereocenters. The zero-order valence-electron chi connectivity index (χ0n) is 17.3. The number of carbonyl (C=O) groups is 2. The topological polar surface area (TPSA) is 105 Å². The second kappa shape index (κ2) is 9.55. The molecular formula is C19H29N3O6S. The van der Waals surface area contributed by atoms with Crippen molar-refractivity contribution in [3.05, 3.63) is 29.8 Å². The lowest BCUT2D eigenvalue weighted by Gasteiger charge is -2.35. The van der Waals surface area contributed by atoms with Gasteiger partial charge >= 0.3 is 6.09 Å². The second-order valence-corrected chi connectivity index (χ2v) is 9.44. The summed E-state index contributed by atoms with van der Waals surface area (Å²) in [6, 6.07) is 5.79. The highest BCUT2D eigenvalue weighted by atomic mass is 32.2. The van der Waals surface area contributed by atoms with Crippen LogP contribution in [0.5, 0.6) is 0 Å². The summed E-state index contributed by atoms with van der Waals surface area (Å²) < 4.78 is 37.0. The molecule has 162 valence electrons. The predicted molar refractivity (Wildman–Crippen MR) is 107 cm³/mol. The summed E-state index contributed by atoms with van der Waals surface area (Å²) in [7, 11) is -2.16. The number of carbonyl (C=O) groups excluding carboxylic acids is 2. The molecule has 0 radical (unpaired) electrons. The summed E-state index contributed by atoms with van der Waals surface area (Å²) >= 11 is 0. The van der Waals surface area contributed by atoms with Crippen molar-refractivity contribution in [1.29, 1.82) is 0 Å². The maximum absolute atomic E-state index is 12.7. The van der Waals surface area contributed by atoms with E-state index in [0.717, 1.165) is 0 Å². The third-order valence-corrected chi connectivity index (χ3v) is 5.71. The van der Waals surface area contributed by atoms with E-state index in [2.05, 4.69) is 4.72 Å². The minimum Gasteiger partial charge on any atom is -0.444 e. The van der Waals surface area contributed by atoms with E-state index in [9.17, 15) is 18.0 Å². The predicted octanol–water partition coefficient (Wildman–Crippen LogP) is 1.30. The van der Waals surface area contributed by atoms with Crippen LogP contribution < -0.4 is 4.72 Å². The molecule has 10 heteroatoms. The number of piperazine rings is 1. The van der Waals surface area contributed by atoms with Gasteiger partial charge in [0.05, 0.1) is 11.5 Å². The van der Waals surface area contributed by atoms with Gasteiger partial charge in [-0.3, -0.25) is 4.79 Å². The van der Waals surface area contributed by atoms with Gasteiger partial charge in [0, 0.05) is 45.4 Å². The Morgan fingerprint density at radius 3 is 2.10 bits per heavy atom. The second-order valence-electron chi connectivity index (χ2n) is 7.67. The van der Waals surface area contributed by atoms with Gasteiger partial charge in [-0.2, -0.15) is 0 Å². The van der Waals surface area contributed by atoms with Crippen molar-refractivity contribution in [2.75, 3.05) is 46.4 Å². The van der Waals surface area contributed by atoms with Crippen molar-refractivity contribution < 1.29 is 27.5 Å². The van der Waals surface area contributed by atoms with Crippen molar-refractivity contribution in [2.45, 2.75) is 31.3 Å². The Hall–Kier alpha value is -2.17. The van der Waals surface area contributed by atoms with E-state index in [0.29, 0.717) is 31.7 Å². The summed E-state index contributed by atoms with van der Waals surface area (Å²) in [5, 5.41) is 0. The molecule has 2 rings (SSSR count). The van der Waals surface area contributed by atoms with Crippen LogP contribution in [0.25, 0.3) is 0 Å². The highest BCUT2D eigenvalue weighted by Crippen LogP contribution is 2.15. The molecule has 0 saturated carbocycles. The molecular weight excluding hydrogens is 398 g/mol. The molecule has 1 saturated heterocycles. The Morgan fingerprint density at radius 1 is 1.03 bits per heavy atom. The Balaban J connectivity index is 1.94. The van der Waals surface area contributed by atoms with Gasteiger partial charge in [-0.1, -0.05) is 0 Å². The molecule has 0 atom stereocenters. The van der Waals surface area contributed by atoms with Gasteiger partial charge in [0.2, 0.25) is 10.0 Å². The molecule has 1 aliphatic heterocycles. The van der Waals surface area contributed by atoms with Crippen molar-refractivity contribution in [1.82, 2.24) is 14.5 Å². The number of hydrogen-bond donors (Lipinski definition) is 1. The number of nitrogens with zero attached hydrogens (tertiary/aromatic N) is 2. The van der Waals surface area contributed by atoms with E-state index < -0.39 is 15.6 Å². The number of rotatable bonds is 6. The third-order valence-electron chi connectivity index (χ3n) is 4.23. The maximum atomic E-state index is 12.7. The monoisotopic (exact) mass is 427 g/mol. The minimum atomic E-state index is -3.64. The van der Waals surface area contributed by atoms with Crippen LogP contribution in [0.15, 0.2) is 29.2 Å². The van der Waals surface area contributed by atoms with E-state index in [4.69, 9.17) is 9.47 Å². The van der Waals surface area contributed by atoms with Crippen LogP contribution in [0.2, 0.25) is 0 Å². The molecule has 1 heterocycles. The van der Waals surface area contributed by atoms with Gasteiger partial charge in [0.25, 0.3) is 5.91 Å². The number of benzene rings is 1. The van der Waals surface area contributed by atoms with Crippen LogP contribution in [-0.4, -0.2) is 82.3 Å². The van der Waals surface area contributed by atoms with Crippen LogP contribution in [0.3, 0.4) is 0 Å². The van der Waals surface area contributed by atoms with Gasteiger partial charge < -0.3 is 19.3 Å². The van der Waals surface area contributed by atoms with Gasteiger partial charge in [-0.25, -0.2) is 17.9 Å². The third kappa shape index (κ3) is 6.69. The summed E-state index contributed by atoms with van der Waals surface area (Å²) in [6.45, 7) is 7.40. The molecule has 1 fully saturated rings. The fourth-order valence-corrected chi connectivity index (χ4v) is 3.75. The van der Waals surface area contributed by atoms with E-state index in [1.54, 1.807) is 9.80 Å². The molecule has 9 nitrogen and oxygen atoms in total. The van der Waals surface area contributed by atoms with Crippen molar-refractivity contribution in [2.24, 2.45) is 0 Å². The minimum absolute atomic E-state index is 0.0832. The Kier molecular flexibility index (Phi) is 7.61. The largest absolute Gasteiger partial charge is 0.444 e. The van der Waals surface area contributed by atoms with Crippen LogP contribution >= 0.6 is 0 Å². The fourth-order valence-electron chi connectivity index (χ4n) is 2.74. The molecule has 1 aliphatic rings. The highest BCUT2D eigenvalue weighted by Gasteiger charge is 2.28. The zero-order valence-corrected chi connectivity index (χ0v) is 18.1. The molecule has 29 heavy (non-hydrogen) atoms. The van der Waals surface area contributed by atoms with Gasteiger partial charge in [-0.15, -0.1) is 0 Å². The normalized spacial score (nSPS) is 15.3. The summed E-state index contributed by atoms with van der Waals surface area (Å²) in [6.07, 6.45) is -0.389. The average molecular weight is 428 g/mol. The summed E-state index contributed by atoms with van der Waals surface area (Å²) in [5.74, 6) is -0.204. The molecule has 1 aromatic carbocycles. The fraction of sp³-hybridized carbons (Fsp3) is 0.579. The van der Waals surface area contributed by atoms with Gasteiger partial charge in [0.1, 0.15) is 5.60 Å². The van der Waals surface area contributed by atoms with Crippen LogP contribution in [0.4, 0.5) is 4.79 Å². The lowest BCUT2D eigenvalue weighted by atomic mass is 10.2. The van der Waals surface area contributed by atoms with E-state index in [1.165, 1.54) is 31.4 Å².